The lowest BCUT2D eigenvalue weighted by Gasteiger charge is -2.57. The largest absolute Gasteiger partial charge is 0.362 e. The van der Waals surface area contributed by atoms with E-state index in [4.69, 9.17) is 0 Å². The van der Waals surface area contributed by atoms with E-state index in [1.165, 1.54) is 44.1 Å². The van der Waals surface area contributed by atoms with E-state index in [1.807, 2.05) is 6.08 Å². The lowest BCUT2D eigenvalue weighted by Crippen LogP contribution is -2.47. The number of rotatable bonds is 1. The molecule has 0 heterocycles. The van der Waals surface area contributed by atoms with Crippen LogP contribution in [0.4, 0.5) is 0 Å². The number of aliphatic hydroxyl groups is 2. The lowest BCUT2D eigenvalue weighted by molar-refractivity contribution is -0.116. The second kappa shape index (κ2) is 3.49. The summed E-state index contributed by atoms with van der Waals surface area (Å²) in [7, 11) is 0. The minimum Gasteiger partial charge on any atom is -0.362 e. The Morgan fingerprint density at radius 3 is 1.94 bits per heavy atom. The van der Waals surface area contributed by atoms with Crippen molar-refractivity contribution in [3.05, 3.63) is 23.8 Å². The van der Waals surface area contributed by atoms with Crippen LogP contribution in [0, 0.1) is 23.2 Å². The monoisotopic (exact) mass is 246 g/mol. The standard InChI is InChI=1S/C16H22O2/c17-16(18)3-1-14(2-4-16)15-8-11-5-12(9-15)7-13(6-11)10-15/h1-3,11-13,17-18H,4-10H2. The van der Waals surface area contributed by atoms with Gasteiger partial charge in [0.2, 0.25) is 0 Å². The van der Waals surface area contributed by atoms with Crippen molar-refractivity contribution < 1.29 is 10.2 Å². The molecule has 98 valence electrons. The molecule has 5 aliphatic rings. The Bertz CT molecular complexity index is 395. The van der Waals surface area contributed by atoms with Crippen LogP contribution < -0.4 is 0 Å². The van der Waals surface area contributed by atoms with Crippen LogP contribution in [0.25, 0.3) is 0 Å². The van der Waals surface area contributed by atoms with Crippen molar-refractivity contribution in [1.29, 1.82) is 0 Å². The highest BCUT2D eigenvalue weighted by atomic mass is 16.5. The van der Waals surface area contributed by atoms with Crippen LogP contribution in [0.5, 0.6) is 0 Å². The zero-order valence-electron chi connectivity index (χ0n) is 10.8. The molecule has 0 atom stereocenters. The third-order valence-corrected chi connectivity index (χ3v) is 5.80. The Kier molecular flexibility index (Phi) is 2.18. The van der Waals surface area contributed by atoms with Crippen molar-refractivity contribution in [2.24, 2.45) is 23.2 Å². The van der Waals surface area contributed by atoms with Crippen molar-refractivity contribution in [1.82, 2.24) is 0 Å². The molecule has 0 aromatic carbocycles. The predicted octanol–water partition coefficient (Wildman–Crippen LogP) is 2.77. The molecule has 2 N–H and O–H groups in total. The fourth-order valence-corrected chi connectivity index (χ4v) is 5.48. The van der Waals surface area contributed by atoms with Gasteiger partial charge in [-0.15, -0.1) is 0 Å². The molecular formula is C16H22O2. The van der Waals surface area contributed by atoms with Crippen LogP contribution in [-0.2, 0) is 0 Å². The first-order valence-corrected chi connectivity index (χ1v) is 7.39. The first kappa shape index (κ1) is 11.2. The molecule has 5 rings (SSSR count). The summed E-state index contributed by atoms with van der Waals surface area (Å²) in [5, 5.41) is 19.2. The average Bonchev–Trinajstić information content (AvgIpc) is 2.26. The van der Waals surface area contributed by atoms with Gasteiger partial charge in [0.25, 0.3) is 0 Å². The fourth-order valence-electron chi connectivity index (χ4n) is 5.48. The maximum Gasteiger partial charge on any atom is 0.186 e. The summed E-state index contributed by atoms with van der Waals surface area (Å²) in [6, 6.07) is 0. The maximum atomic E-state index is 9.60. The highest BCUT2D eigenvalue weighted by Crippen LogP contribution is 2.63. The van der Waals surface area contributed by atoms with Crippen LogP contribution in [-0.4, -0.2) is 16.0 Å². The zero-order chi connectivity index (χ0) is 12.4. The minimum absolute atomic E-state index is 0.362. The van der Waals surface area contributed by atoms with E-state index < -0.39 is 5.79 Å². The lowest BCUT2D eigenvalue weighted by atomic mass is 9.47. The fraction of sp³-hybridized carbons (Fsp3) is 0.750. The van der Waals surface area contributed by atoms with Crippen molar-refractivity contribution in [2.45, 2.75) is 50.7 Å². The second-order valence-electron chi connectivity index (χ2n) is 7.27. The highest BCUT2D eigenvalue weighted by molar-refractivity contribution is 5.34. The van der Waals surface area contributed by atoms with E-state index in [2.05, 4.69) is 6.08 Å². The van der Waals surface area contributed by atoms with Gasteiger partial charge in [-0.05, 0) is 73.3 Å². The summed E-state index contributed by atoms with van der Waals surface area (Å²) in [6.45, 7) is 0. The van der Waals surface area contributed by atoms with Gasteiger partial charge in [0.1, 0.15) is 0 Å². The molecule has 0 saturated heterocycles. The van der Waals surface area contributed by atoms with Crippen LogP contribution in [0.2, 0.25) is 0 Å². The molecule has 0 aromatic rings. The first-order valence-electron chi connectivity index (χ1n) is 7.39. The molecule has 4 saturated carbocycles. The minimum atomic E-state index is -1.61. The van der Waals surface area contributed by atoms with Gasteiger partial charge in [-0.3, -0.25) is 0 Å². The van der Waals surface area contributed by atoms with Crippen LogP contribution in [0.1, 0.15) is 44.9 Å². The summed E-state index contributed by atoms with van der Waals surface area (Å²) in [5.74, 6) is 1.23. The molecule has 4 fully saturated rings. The second-order valence-corrected chi connectivity index (χ2v) is 7.27. The van der Waals surface area contributed by atoms with Crippen LogP contribution in [0.15, 0.2) is 23.8 Å². The predicted molar refractivity (Wildman–Crippen MR) is 69.6 cm³/mol. The Morgan fingerprint density at radius 2 is 1.50 bits per heavy atom. The Hall–Kier alpha value is -0.600. The molecule has 4 bridgehead atoms. The summed E-state index contributed by atoms with van der Waals surface area (Å²) in [6.07, 6.45) is 14.4. The summed E-state index contributed by atoms with van der Waals surface area (Å²) < 4.78 is 0. The van der Waals surface area contributed by atoms with Gasteiger partial charge in [-0.1, -0.05) is 12.2 Å². The summed E-state index contributed by atoms with van der Waals surface area (Å²) in [5.41, 5.74) is 1.79. The van der Waals surface area contributed by atoms with Gasteiger partial charge in [0.05, 0.1) is 0 Å². The van der Waals surface area contributed by atoms with E-state index >= 15 is 0 Å². The molecule has 0 aliphatic heterocycles. The molecule has 5 aliphatic carbocycles. The van der Waals surface area contributed by atoms with E-state index in [0.717, 1.165) is 17.8 Å². The normalized spacial score (nSPS) is 48.3. The van der Waals surface area contributed by atoms with Crippen LogP contribution in [0.3, 0.4) is 0 Å². The first-order chi connectivity index (χ1) is 8.55. The zero-order valence-corrected chi connectivity index (χ0v) is 10.8. The molecule has 0 amide bonds. The molecule has 2 nitrogen and oxygen atoms in total. The summed E-state index contributed by atoms with van der Waals surface area (Å²) in [4.78, 5) is 0. The van der Waals surface area contributed by atoms with Crippen molar-refractivity contribution in [2.75, 3.05) is 0 Å². The maximum absolute atomic E-state index is 9.60. The summed E-state index contributed by atoms with van der Waals surface area (Å²) >= 11 is 0. The van der Waals surface area contributed by atoms with Gasteiger partial charge in [-0.2, -0.15) is 0 Å². The molecule has 0 unspecified atom stereocenters. The molecule has 0 aromatic heterocycles. The molecule has 0 radical (unpaired) electrons. The average molecular weight is 246 g/mol. The van der Waals surface area contributed by atoms with Crippen molar-refractivity contribution in [3.8, 4) is 0 Å². The number of hydrogen-bond acceptors (Lipinski definition) is 2. The topological polar surface area (TPSA) is 40.5 Å². The van der Waals surface area contributed by atoms with E-state index in [-0.39, 0.29) is 0 Å². The van der Waals surface area contributed by atoms with Gasteiger partial charge < -0.3 is 10.2 Å². The van der Waals surface area contributed by atoms with Gasteiger partial charge >= 0.3 is 0 Å². The molecule has 18 heavy (non-hydrogen) atoms. The molecular weight excluding hydrogens is 224 g/mol. The Balaban J connectivity index is 1.65. The van der Waals surface area contributed by atoms with Crippen LogP contribution >= 0.6 is 0 Å². The van der Waals surface area contributed by atoms with E-state index in [0.29, 0.717) is 11.8 Å². The SMILES string of the molecule is OC1(O)C=CC(C23CC4CC(CC(C4)C2)C3)=CC1. The van der Waals surface area contributed by atoms with E-state index in [1.54, 1.807) is 6.08 Å². The molecule has 0 spiro atoms. The number of hydrogen-bond donors (Lipinski definition) is 2. The van der Waals surface area contributed by atoms with Gasteiger partial charge in [0.15, 0.2) is 5.79 Å². The quantitative estimate of drug-likeness (QED) is 0.698. The molecule has 2 heteroatoms. The van der Waals surface area contributed by atoms with Crippen molar-refractivity contribution in [3.63, 3.8) is 0 Å². The smallest absolute Gasteiger partial charge is 0.186 e. The Morgan fingerprint density at radius 1 is 0.944 bits per heavy atom. The van der Waals surface area contributed by atoms with Crippen molar-refractivity contribution >= 4 is 0 Å². The van der Waals surface area contributed by atoms with Gasteiger partial charge in [-0.25, -0.2) is 0 Å². The number of allylic oxidation sites excluding steroid dienone is 2. The third kappa shape index (κ3) is 1.62. The van der Waals surface area contributed by atoms with E-state index in [9.17, 15) is 10.2 Å². The van der Waals surface area contributed by atoms with Gasteiger partial charge in [0, 0.05) is 6.42 Å². The Labute approximate surface area is 108 Å². The third-order valence-electron chi connectivity index (χ3n) is 5.80. The highest BCUT2D eigenvalue weighted by Gasteiger charge is 2.52.